The number of fused-ring (bicyclic) bond motifs is 1. The summed E-state index contributed by atoms with van der Waals surface area (Å²) in [5.41, 5.74) is 2.19. The molecular formula is C11H15N3O2S. The number of nitrogens with one attached hydrogen (secondary N) is 2. The van der Waals surface area contributed by atoms with Crippen LogP contribution in [0.5, 0.6) is 0 Å². The lowest BCUT2D eigenvalue weighted by Crippen LogP contribution is -2.26. The monoisotopic (exact) mass is 253 g/mol. The third-order valence-electron chi connectivity index (χ3n) is 2.55. The van der Waals surface area contributed by atoms with Crippen molar-refractivity contribution in [2.45, 2.75) is 6.54 Å². The summed E-state index contributed by atoms with van der Waals surface area (Å²) < 4.78 is 21.5. The number of H-pyrrole nitrogens is 1. The third kappa shape index (κ3) is 3.29. The zero-order valence-electron chi connectivity index (χ0n) is 9.31. The van der Waals surface area contributed by atoms with Gasteiger partial charge in [-0.2, -0.15) is 0 Å². The topological polar surface area (TPSA) is 88.0 Å². The second kappa shape index (κ2) is 4.87. The predicted octanol–water partition coefficient (Wildman–Crippen LogP) is 0.546. The molecule has 1 aromatic heterocycles. The Morgan fingerprint density at radius 3 is 2.88 bits per heavy atom. The lowest BCUT2D eigenvalue weighted by molar-refractivity contribution is 0.592. The molecule has 1 aromatic carbocycles. The fraction of sp³-hybridized carbons (Fsp3) is 0.273. The minimum atomic E-state index is -3.38. The normalized spacial score (nSPS) is 12.1. The largest absolute Gasteiger partial charge is 0.361 e. The molecule has 0 aliphatic rings. The molecule has 1 heterocycles. The van der Waals surface area contributed by atoms with Gasteiger partial charge in [0.25, 0.3) is 0 Å². The van der Waals surface area contributed by atoms with Crippen LogP contribution < -0.4 is 10.5 Å². The van der Waals surface area contributed by atoms with E-state index in [-0.39, 0.29) is 5.75 Å². The summed E-state index contributed by atoms with van der Waals surface area (Å²) in [7, 11) is -3.38. The minimum absolute atomic E-state index is 0.0479. The van der Waals surface area contributed by atoms with Gasteiger partial charge in [0, 0.05) is 24.8 Å². The summed E-state index contributed by atoms with van der Waals surface area (Å²) in [6.07, 6.45) is 1.89. The Kier molecular flexibility index (Phi) is 3.46. The predicted molar refractivity (Wildman–Crippen MR) is 68.0 cm³/mol. The van der Waals surface area contributed by atoms with E-state index in [1.54, 1.807) is 0 Å². The molecule has 0 fully saturated rings. The van der Waals surface area contributed by atoms with E-state index in [9.17, 15) is 8.42 Å². The van der Waals surface area contributed by atoms with Crippen molar-refractivity contribution in [2.75, 3.05) is 12.3 Å². The second-order valence-electron chi connectivity index (χ2n) is 3.90. The molecule has 5 nitrogen and oxygen atoms in total. The number of aromatic nitrogens is 1. The molecule has 6 heteroatoms. The van der Waals surface area contributed by atoms with Crippen LogP contribution in [-0.4, -0.2) is 25.7 Å². The molecule has 0 bridgehead atoms. The molecule has 0 radical (unpaired) electrons. The summed E-state index contributed by atoms with van der Waals surface area (Å²) in [6, 6.07) is 8.01. The molecule has 2 aromatic rings. The molecule has 0 unspecified atom stereocenters. The van der Waals surface area contributed by atoms with E-state index in [1.807, 2.05) is 30.5 Å². The van der Waals surface area contributed by atoms with Crippen molar-refractivity contribution in [3.8, 4) is 0 Å². The molecule has 0 spiro atoms. The zero-order chi connectivity index (χ0) is 12.3. The van der Waals surface area contributed by atoms with E-state index in [1.165, 1.54) is 0 Å². The van der Waals surface area contributed by atoms with Gasteiger partial charge in [0.2, 0.25) is 10.0 Å². The average molecular weight is 253 g/mol. The van der Waals surface area contributed by atoms with Crippen molar-refractivity contribution in [1.82, 2.24) is 10.3 Å². The first-order valence-corrected chi connectivity index (χ1v) is 7.04. The lowest BCUT2D eigenvalue weighted by Gasteiger charge is -2.05. The third-order valence-corrected chi connectivity index (χ3v) is 3.33. The van der Waals surface area contributed by atoms with Crippen molar-refractivity contribution in [2.24, 2.45) is 5.14 Å². The van der Waals surface area contributed by atoms with Crippen LogP contribution in [0.15, 0.2) is 30.5 Å². The molecule has 92 valence electrons. The van der Waals surface area contributed by atoms with Gasteiger partial charge in [-0.25, -0.2) is 13.6 Å². The van der Waals surface area contributed by atoms with Gasteiger partial charge in [-0.3, -0.25) is 0 Å². The maximum absolute atomic E-state index is 10.7. The first-order chi connectivity index (χ1) is 8.06. The summed E-state index contributed by atoms with van der Waals surface area (Å²) >= 11 is 0. The van der Waals surface area contributed by atoms with E-state index in [2.05, 4.69) is 10.3 Å². The maximum Gasteiger partial charge on any atom is 0.210 e. The summed E-state index contributed by atoms with van der Waals surface area (Å²) in [5.74, 6) is -0.0479. The number of hydrogen-bond acceptors (Lipinski definition) is 3. The quantitative estimate of drug-likeness (QED) is 0.680. The molecule has 4 N–H and O–H groups in total. The second-order valence-corrected chi connectivity index (χ2v) is 5.64. The first kappa shape index (κ1) is 12.1. The Morgan fingerprint density at radius 2 is 2.12 bits per heavy atom. The Hall–Kier alpha value is -1.37. The fourth-order valence-electron chi connectivity index (χ4n) is 1.73. The van der Waals surface area contributed by atoms with Crippen molar-refractivity contribution in [3.63, 3.8) is 0 Å². The molecule has 0 aliphatic heterocycles. The highest BCUT2D eigenvalue weighted by Gasteiger charge is 2.03. The highest BCUT2D eigenvalue weighted by Crippen LogP contribution is 2.16. The average Bonchev–Trinajstić information content (AvgIpc) is 2.71. The van der Waals surface area contributed by atoms with E-state index < -0.39 is 10.0 Å². The number of rotatable bonds is 5. The maximum atomic E-state index is 10.7. The molecule has 2 rings (SSSR count). The van der Waals surface area contributed by atoms with Gasteiger partial charge >= 0.3 is 0 Å². The van der Waals surface area contributed by atoms with E-state index in [0.29, 0.717) is 13.1 Å². The molecule has 0 aliphatic carbocycles. The van der Waals surface area contributed by atoms with Crippen molar-refractivity contribution in [3.05, 3.63) is 36.0 Å². The Bertz CT molecular complexity index is 604. The van der Waals surface area contributed by atoms with Gasteiger partial charge in [-0.15, -0.1) is 0 Å². The van der Waals surface area contributed by atoms with Crippen LogP contribution in [0.1, 0.15) is 5.56 Å². The zero-order valence-corrected chi connectivity index (χ0v) is 10.1. The summed E-state index contributed by atoms with van der Waals surface area (Å²) in [4.78, 5) is 3.16. The lowest BCUT2D eigenvalue weighted by atomic mass is 10.1. The van der Waals surface area contributed by atoms with Gasteiger partial charge in [-0.1, -0.05) is 18.2 Å². The SMILES string of the molecule is NS(=O)(=O)CCNCc1cccc2cc[nH]c12. The van der Waals surface area contributed by atoms with Crippen LogP contribution in [-0.2, 0) is 16.6 Å². The Labute approximate surface area is 100 Å². The van der Waals surface area contributed by atoms with E-state index in [0.717, 1.165) is 16.5 Å². The molecule has 0 amide bonds. The Morgan fingerprint density at radius 1 is 1.29 bits per heavy atom. The van der Waals surface area contributed by atoms with Crippen LogP contribution in [0.25, 0.3) is 10.9 Å². The Balaban J connectivity index is 1.97. The van der Waals surface area contributed by atoms with E-state index in [4.69, 9.17) is 5.14 Å². The van der Waals surface area contributed by atoms with Gasteiger partial charge in [-0.05, 0) is 17.0 Å². The fourth-order valence-corrected chi connectivity index (χ4v) is 2.16. The van der Waals surface area contributed by atoms with Crippen molar-refractivity contribution < 1.29 is 8.42 Å². The van der Waals surface area contributed by atoms with Crippen molar-refractivity contribution in [1.29, 1.82) is 0 Å². The first-order valence-electron chi connectivity index (χ1n) is 5.32. The number of benzene rings is 1. The number of hydrogen-bond donors (Lipinski definition) is 3. The number of aromatic amines is 1. The van der Waals surface area contributed by atoms with Gasteiger partial charge < -0.3 is 10.3 Å². The number of primary sulfonamides is 1. The van der Waals surface area contributed by atoms with Crippen LogP contribution in [0.4, 0.5) is 0 Å². The smallest absolute Gasteiger partial charge is 0.210 e. The standard InChI is InChI=1S/C11H15N3O2S/c12-17(15,16)7-6-13-8-10-3-1-2-9-4-5-14-11(9)10/h1-5,13-14H,6-8H2,(H2,12,15,16). The van der Waals surface area contributed by atoms with Crippen LogP contribution in [0.2, 0.25) is 0 Å². The molecule has 0 saturated heterocycles. The molecule has 17 heavy (non-hydrogen) atoms. The molecule has 0 saturated carbocycles. The molecule has 0 atom stereocenters. The van der Waals surface area contributed by atoms with Gasteiger partial charge in [0.15, 0.2) is 0 Å². The number of sulfonamides is 1. The minimum Gasteiger partial charge on any atom is -0.361 e. The highest BCUT2D eigenvalue weighted by molar-refractivity contribution is 7.89. The van der Waals surface area contributed by atoms with Crippen LogP contribution >= 0.6 is 0 Å². The summed E-state index contributed by atoms with van der Waals surface area (Å²) in [5, 5.41) is 9.12. The molecular weight excluding hydrogens is 238 g/mol. The number of para-hydroxylation sites is 1. The van der Waals surface area contributed by atoms with Gasteiger partial charge in [0.05, 0.1) is 5.75 Å². The number of nitrogens with two attached hydrogens (primary N) is 1. The highest BCUT2D eigenvalue weighted by atomic mass is 32.2. The van der Waals surface area contributed by atoms with Crippen LogP contribution in [0.3, 0.4) is 0 Å². The van der Waals surface area contributed by atoms with Crippen molar-refractivity contribution >= 4 is 20.9 Å². The van der Waals surface area contributed by atoms with E-state index >= 15 is 0 Å². The van der Waals surface area contributed by atoms with Gasteiger partial charge in [0.1, 0.15) is 0 Å². The summed E-state index contributed by atoms with van der Waals surface area (Å²) in [6.45, 7) is 0.975. The van der Waals surface area contributed by atoms with Crippen LogP contribution in [0, 0.1) is 0 Å².